The third kappa shape index (κ3) is 3.36. The van der Waals surface area contributed by atoms with Gasteiger partial charge in [-0.1, -0.05) is 11.6 Å². The van der Waals surface area contributed by atoms with Crippen molar-refractivity contribution in [2.24, 2.45) is 0 Å². The molecular formula is C14H20N2O4S. The number of sulfonamides is 1. The van der Waals surface area contributed by atoms with Crippen molar-refractivity contribution in [3.8, 4) is 5.75 Å². The average Bonchev–Trinajstić information content (AvgIpc) is 2.49. The van der Waals surface area contributed by atoms with Crippen molar-refractivity contribution < 1.29 is 18.3 Å². The second-order valence-corrected chi connectivity index (χ2v) is 7.37. The molecule has 21 heavy (non-hydrogen) atoms. The van der Waals surface area contributed by atoms with E-state index in [9.17, 15) is 18.3 Å². The fourth-order valence-corrected chi connectivity index (χ4v) is 3.43. The highest BCUT2D eigenvalue weighted by Gasteiger charge is 2.28. The Morgan fingerprint density at radius 3 is 2.43 bits per heavy atom. The molecule has 0 aliphatic carbocycles. The van der Waals surface area contributed by atoms with E-state index in [1.165, 1.54) is 10.4 Å². The standard InChI is InChI=1S/C14H20N2O4S/c1-3-21(19,20)16-8-6-15(7-9-16)14(18)12-10-11(2)4-5-13(12)17/h4-5,10,17H,3,6-9H2,1-2H3. The summed E-state index contributed by atoms with van der Waals surface area (Å²) < 4.78 is 25.0. The monoisotopic (exact) mass is 312 g/mol. The van der Waals surface area contributed by atoms with E-state index in [1.54, 1.807) is 24.0 Å². The number of benzene rings is 1. The smallest absolute Gasteiger partial charge is 0.257 e. The van der Waals surface area contributed by atoms with Crippen molar-refractivity contribution in [3.63, 3.8) is 0 Å². The summed E-state index contributed by atoms with van der Waals surface area (Å²) in [5.41, 5.74) is 1.16. The number of nitrogens with zero attached hydrogens (tertiary/aromatic N) is 2. The number of amides is 1. The number of phenols is 1. The molecular weight excluding hydrogens is 292 g/mol. The van der Waals surface area contributed by atoms with Gasteiger partial charge in [-0.2, -0.15) is 4.31 Å². The summed E-state index contributed by atoms with van der Waals surface area (Å²) in [7, 11) is -3.20. The lowest BCUT2D eigenvalue weighted by Crippen LogP contribution is -2.50. The molecule has 1 N–H and O–H groups in total. The molecule has 0 bridgehead atoms. The Morgan fingerprint density at radius 1 is 1.24 bits per heavy atom. The fraction of sp³-hybridized carbons (Fsp3) is 0.500. The molecule has 1 aliphatic rings. The number of rotatable bonds is 3. The van der Waals surface area contributed by atoms with Crippen molar-refractivity contribution >= 4 is 15.9 Å². The van der Waals surface area contributed by atoms with E-state index < -0.39 is 10.0 Å². The molecule has 1 aromatic rings. The van der Waals surface area contributed by atoms with Gasteiger partial charge in [0.15, 0.2) is 0 Å². The first-order valence-electron chi connectivity index (χ1n) is 6.92. The number of hydrogen-bond acceptors (Lipinski definition) is 4. The predicted molar refractivity (Wildman–Crippen MR) is 79.8 cm³/mol. The van der Waals surface area contributed by atoms with E-state index in [0.717, 1.165) is 5.56 Å². The Morgan fingerprint density at radius 2 is 1.86 bits per heavy atom. The third-order valence-electron chi connectivity index (χ3n) is 3.67. The molecule has 1 fully saturated rings. The van der Waals surface area contributed by atoms with Crippen LogP contribution in [0.2, 0.25) is 0 Å². The van der Waals surface area contributed by atoms with Crippen LogP contribution in [-0.2, 0) is 10.0 Å². The van der Waals surface area contributed by atoms with E-state index in [1.807, 2.05) is 6.92 Å². The zero-order chi connectivity index (χ0) is 15.6. The molecule has 0 unspecified atom stereocenters. The molecule has 0 aromatic heterocycles. The second-order valence-electron chi connectivity index (χ2n) is 5.11. The van der Waals surface area contributed by atoms with Crippen LogP contribution in [0.5, 0.6) is 5.75 Å². The first kappa shape index (κ1) is 15.8. The molecule has 0 atom stereocenters. The maximum absolute atomic E-state index is 12.4. The van der Waals surface area contributed by atoms with Gasteiger partial charge in [0.05, 0.1) is 11.3 Å². The molecule has 2 rings (SSSR count). The topological polar surface area (TPSA) is 77.9 Å². The number of phenolic OH excluding ortho intramolecular Hbond substituents is 1. The molecule has 0 radical (unpaired) electrons. The highest BCUT2D eigenvalue weighted by Crippen LogP contribution is 2.21. The summed E-state index contributed by atoms with van der Waals surface area (Å²) in [6.07, 6.45) is 0. The lowest BCUT2D eigenvalue weighted by molar-refractivity contribution is 0.0695. The van der Waals surface area contributed by atoms with Crippen molar-refractivity contribution in [2.45, 2.75) is 13.8 Å². The second kappa shape index (κ2) is 6.03. The Labute approximate surface area is 125 Å². The summed E-state index contributed by atoms with van der Waals surface area (Å²) in [5, 5.41) is 9.80. The molecule has 1 aliphatic heterocycles. The SMILES string of the molecule is CCS(=O)(=O)N1CCN(C(=O)c2cc(C)ccc2O)CC1. The van der Waals surface area contributed by atoms with Gasteiger partial charge in [0, 0.05) is 26.2 Å². The van der Waals surface area contributed by atoms with Crippen LogP contribution < -0.4 is 0 Å². The van der Waals surface area contributed by atoms with Crippen LogP contribution in [-0.4, -0.2) is 60.6 Å². The Balaban J connectivity index is 2.09. The molecule has 1 aromatic carbocycles. The maximum atomic E-state index is 12.4. The summed E-state index contributed by atoms with van der Waals surface area (Å²) in [6.45, 7) is 4.74. The minimum absolute atomic E-state index is 0.0470. The Hall–Kier alpha value is -1.60. The quantitative estimate of drug-likeness (QED) is 0.896. The van der Waals surface area contributed by atoms with Crippen molar-refractivity contribution in [2.75, 3.05) is 31.9 Å². The van der Waals surface area contributed by atoms with Crippen LogP contribution in [0.4, 0.5) is 0 Å². The number of carbonyl (C=O) groups excluding carboxylic acids is 1. The largest absolute Gasteiger partial charge is 0.507 e. The van der Waals surface area contributed by atoms with Gasteiger partial charge >= 0.3 is 0 Å². The Bertz CT molecular complexity index is 634. The zero-order valence-corrected chi connectivity index (χ0v) is 13.1. The molecule has 7 heteroatoms. The highest BCUT2D eigenvalue weighted by atomic mass is 32.2. The lowest BCUT2D eigenvalue weighted by Gasteiger charge is -2.34. The minimum Gasteiger partial charge on any atom is -0.507 e. The number of hydrogen-bond donors (Lipinski definition) is 1. The molecule has 116 valence electrons. The van der Waals surface area contributed by atoms with E-state index in [4.69, 9.17) is 0 Å². The minimum atomic E-state index is -3.20. The normalized spacial score (nSPS) is 17.0. The lowest BCUT2D eigenvalue weighted by atomic mass is 10.1. The van der Waals surface area contributed by atoms with Gasteiger partial charge in [-0.15, -0.1) is 0 Å². The first-order valence-corrected chi connectivity index (χ1v) is 8.53. The van der Waals surface area contributed by atoms with E-state index in [2.05, 4.69) is 0 Å². The van der Waals surface area contributed by atoms with Crippen LogP contribution in [0.25, 0.3) is 0 Å². The third-order valence-corrected chi connectivity index (χ3v) is 5.55. The number of aryl methyl sites for hydroxylation is 1. The molecule has 6 nitrogen and oxygen atoms in total. The van der Waals surface area contributed by atoms with E-state index >= 15 is 0 Å². The van der Waals surface area contributed by atoms with Gasteiger partial charge in [0.25, 0.3) is 5.91 Å². The van der Waals surface area contributed by atoms with Gasteiger partial charge in [-0.25, -0.2) is 8.42 Å². The average molecular weight is 312 g/mol. The van der Waals surface area contributed by atoms with Gasteiger partial charge in [-0.05, 0) is 26.0 Å². The summed E-state index contributed by atoms with van der Waals surface area (Å²) in [5.74, 6) is -0.237. The van der Waals surface area contributed by atoms with Crippen molar-refractivity contribution in [1.29, 1.82) is 0 Å². The van der Waals surface area contributed by atoms with E-state index in [-0.39, 0.29) is 23.0 Å². The summed E-state index contributed by atoms with van der Waals surface area (Å²) in [4.78, 5) is 14.0. The zero-order valence-electron chi connectivity index (χ0n) is 12.2. The first-order chi connectivity index (χ1) is 9.85. The number of piperazine rings is 1. The fourth-order valence-electron chi connectivity index (χ4n) is 2.34. The summed E-state index contributed by atoms with van der Waals surface area (Å²) in [6, 6.07) is 4.88. The van der Waals surface area contributed by atoms with Crippen LogP contribution >= 0.6 is 0 Å². The van der Waals surface area contributed by atoms with Gasteiger partial charge in [0.2, 0.25) is 10.0 Å². The highest BCUT2D eigenvalue weighted by molar-refractivity contribution is 7.89. The number of aromatic hydroxyl groups is 1. The van der Waals surface area contributed by atoms with Crippen LogP contribution in [0, 0.1) is 6.92 Å². The Kier molecular flexibility index (Phi) is 4.53. The van der Waals surface area contributed by atoms with Crippen LogP contribution in [0.1, 0.15) is 22.8 Å². The van der Waals surface area contributed by atoms with Crippen LogP contribution in [0.15, 0.2) is 18.2 Å². The van der Waals surface area contributed by atoms with Gasteiger partial charge in [-0.3, -0.25) is 4.79 Å². The maximum Gasteiger partial charge on any atom is 0.257 e. The molecule has 1 amide bonds. The molecule has 0 saturated carbocycles. The molecule has 1 saturated heterocycles. The van der Waals surface area contributed by atoms with Crippen LogP contribution in [0.3, 0.4) is 0 Å². The predicted octanol–water partition coefficient (Wildman–Crippen LogP) is 0.808. The van der Waals surface area contributed by atoms with Gasteiger partial charge < -0.3 is 10.0 Å². The van der Waals surface area contributed by atoms with E-state index in [0.29, 0.717) is 26.2 Å². The molecule has 1 heterocycles. The van der Waals surface area contributed by atoms with Crippen molar-refractivity contribution in [3.05, 3.63) is 29.3 Å². The summed E-state index contributed by atoms with van der Waals surface area (Å²) >= 11 is 0. The molecule has 0 spiro atoms. The van der Waals surface area contributed by atoms with Crippen molar-refractivity contribution in [1.82, 2.24) is 9.21 Å². The number of carbonyl (C=O) groups is 1. The van der Waals surface area contributed by atoms with Gasteiger partial charge in [0.1, 0.15) is 5.75 Å².